The second kappa shape index (κ2) is 7.89. The Morgan fingerprint density at radius 1 is 1.16 bits per heavy atom. The Balaban J connectivity index is 1.32. The molecule has 0 aliphatic carbocycles. The van der Waals surface area contributed by atoms with Gasteiger partial charge in [-0.15, -0.1) is 0 Å². The van der Waals surface area contributed by atoms with Crippen LogP contribution in [0.15, 0.2) is 40.5 Å². The number of anilines is 2. The lowest BCUT2D eigenvalue weighted by Gasteiger charge is -2.41. The van der Waals surface area contributed by atoms with Gasteiger partial charge in [-0.25, -0.2) is 19.9 Å². The Morgan fingerprint density at radius 3 is 2.71 bits per heavy atom. The molecular formula is C22H27N7OS. The highest BCUT2D eigenvalue weighted by Crippen LogP contribution is 2.41. The molecule has 3 aromatic heterocycles. The van der Waals surface area contributed by atoms with E-state index < -0.39 is 0 Å². The Bertz CT molecular complexity index is 1120. The maximum absolute atomic E-state index is 6.44. The smallest absolute Gasteiger partial charge is 0.179 e. The summed E-state index contributed by atoms with van der Waals surface area (Å²) in [7, 11) is 0. The third kappa shape index (κ3) is 3.71. The summed E-state index contributed by atoms with van der Waals surface area (Å²) < 4.78 is 5.83. The van der Waals surface area contributed by atoms with Crippen molar-refractivity contribution in [2.24, 2.45) is 11.1 Å². The molecule has 4 N–H and O–H groups in total. The maximum Gasteiger partial charge on any atom is 0.179 e. The molecule has 2 aliphatic rings. The molecule has 5 rings (SSSR count). The van der Waals surface area contributed by atoms with Crippen molar-refractivity contribution in [2.45, 2.75) is 48.8 Å². The van der Waals surface area contributed by atoms with E-state index in [4.69, 9.17) is 21.2 Å². The number of ether oxygens (including phenoxy) is 1. The van der Waals surface area contributed by atoms with E-state index in [9.17, 15) is 0 Å². The van der Waals surface area contributed by atoms with Crippen LogP contribution in [0.5, 0.6) is 0 Å². The van der Waals surface area contributed by atoms with Gasteiger partial charge >= 0.3 is 0 Å². The number of aromatic nitrogens is 4. The summed E-state index contributed by atoms with van der Waals surface area (Å²) in [6.45, 7) is 6.62. The predicted octanol–water partition coefficient (Wildman–Crippen LogP) is 2.79. The Hall–Kier alpha value is -2.49. The lowest BCUT2D eigenvalue weighted by atomic mass is 9.73. The third-order valence-corrected chi connectivity index (χ3v) is 7.80. The van der Waals surface area contributed by atoms with Gasteiger partial charge in [0.05, 0.1) is 18.9 Å². The molecule has 0 saturated carbocycles. The van der Waals surface area contributed by atoms with Crippen LogP contribution in [-0.2, 0) is 4.74 Å². The van der Waals surface area contributed by atoms with Crippen LogP contribution in [0, 0.1) is 12.3 Å². The summed E-state index contributed by atoms with van der Waals surface area (Å²) in [4.78, 5) is 21.6. The highest BCUT2D eigenvalue weighted by Gasteiger charge is 2.47. The van der Waals surface area contributed by atoms with Gasteiger partial charge in [-0.1, -0.05) is 11.8 Å². The minimum absolute atomic E-state index is 0.0996. The summed E-state index contributed by atoms with van der Waals surface area (Å²) >= 11 is 1.55. The summed E-state index contributed by atoms with van der Waals surface area (Å²) in [5, 5.41) is 0.854. The van der Waals surface area contributed by atoms with Gasteiger partial charge in [0.25, 0.3) is 0 Å². The first-order valence-corrected chi connectivity index (χ1v) is 11.4. The first-order valence-electron chi connectivity index (χ1n) is 10.6. The molecule has 2 saturated heterocycles. The Labute approximate surface area is 185 Å². The normalized spacial score (nSPS) is 23.0. The van der Waals surface area contributed by atoms with Gasteiger partial charge in [-0.05, 0) is 44.9 Å². The minimum atomic E-state index is 0.0996. The fraction of sp³-hybridized carbons (Fsp3) is 0.455. The molecule has 0 amide bonds. The fourth-order valence-corrected chi connectivity index (χ4v) is 5.38. The van der Waals surface area contributed by atoms with Crippen LogP contribution in [0.4, 0.5) is 11.6 Å². The molecule has 0 aromatic carbocycles. The summed E-state index contributed by atoms with van der Waals surface area (Å²) in [5.74, 6) is 1.43. The largest absolute Gasteiger partial charge is 0.383 e. The number of rotatable bonds is 3. The molecule has 0 bridgehead atoms. The summed E-state index contributed by atoms with van der Waals surface area (Å²) in [5.41, 5.74) is 14.9. The van der Waals surface area contributed by atoms with Crippen LogP contribution in [0.25, 0.3) is 11.2 Å². The Kier molecular flexibility index (Phi) is 5.19. The van der Waals surface area contributed by atoms with E-state index in [0.29, 0.717) is 11.5 Å². The molecule has 3 aromatic rings. The number of nitrogens with two attached hydrogens (primary N) is 2. The highest BCUT2D eigenvalue weighted by atomic mass is 32.2. The predicted molar refractivity (Wildman–Crippen MR) is 122 cm³/mol. The van der Waals surface area contributed by atoms with E-state index in [-0.39, 0.29) is 17.6 Å². The number of pyridine rings is 2. The number of nitrogens with zero attached hydrogens (tertiary/aromatic N) is 5. The van der Waals surface area contributed by atoms with Crippen molar-refractivity contribution in [3.63, 3.8) is 0 Å². The molecule has 162 valence electrons. The van der Waals surface area contributed by atoms with Crippen molar-refractivity contribution >= 4 is 34.6 Å². The first kappa shape index (κ1) is 20.4. The molecule has 2 aliphatic heterocycles. The van der Waals surface area contributed by atoms with E-state index in [1.807, 2.05) is 31.3 Å². The lowest BCUT2D eigenvalue weighted by Crippen LogP contribution is -2.50. The number of fused-ring (bicyclic) bond motifs is 1. The lowest BCUT2D eigenvalue weighted by molar-refractivity contribution is 0.0974. The van der Waals surface area contributed by atoms with Gasteiger partial charge in [0.1, 0.15) is 22.2 Å². The number of hydrogen-bond acceptors (Lipinski definition) is 9. The zero-order valence-corrected chi connectivity index (χ0v) is 18.6. The number of nitrogen functional groups attached to an aromatic ring is 1. The van der Waals surface area contributed by atoms with Crippen molar-refractivity contribution in [3.8, 4) is 0 Å². The Morgan fingerprint density at radius 2 is 1.97 bits per heavy atom. The summed E-state index contributed by atoms with van der Waals surface area (Å²) in [6, 6.07) is 6.01. The summed E-state index contributed by atoms with van der Waals surface area (Å²) in [6.07, 6.45) is 5.70. The molecule has 31 heavy (non-hydrogen) atoms. The SMILES string of the molecule is Cc1c(Sc2ccc3nc(N4CCC5(CC4)CO[C@@H](C)[C@H]5N)cnc3n2)ccnc1N. The second-order valence-electron chi connectivity index (χ2n) is 8.53. The van der Waals surface area contributed by atoms with Crippen LogP contribution in [0.1, 0.15) is 25.3 Å². The highest BCUT2D eigenvalue weighted by molar-refractivity contribution is 7.99. The van der Waals surface area contributed by atoms with Gasteiger partial charge in [-0.3, -0.25) is 0 Å². The van der Waals surface area contributed by atoms with E-state index >= 15 is 0 Å². The molecule has 1 spiro atoms. The van der Waals surface area contributed by atoms with Gasteiger partial charge in [0, 0.05) is 41.2 Å². The molecule has 9 heteroatoms. The quantitative estimate of drug-likeness (QED) is 0.638. The molecular weight excluding hydrogens is 410 g/mol. The van der Waals surface area contributed by atoms with Crippen LogP contribution in [0.3, 0.4) is 0 Å². The first-order chi connectivity index (χ1) is 14.9. The molecule has 2 fully saturated rings. The van der Waals surface area contributed by atoms with Crippen LogP contribution < -0.4 is 16.4 Å². The zero-order valence-electron chi connectivity index (χ0n) is 17.8. The number of hydrogen-bond donors (Lipinski definition) is 2. The average Bonchev–Trinajstić information content (AvgIpc) is 3.06. The van der Waals surface area contributed by atoms with E-state index in [0.717, 1.165) is 59.4 Å². The van der Waals surface area contributed by atoms with Crippen LogP contribution in [-0.4, -0.2) is 51.8 Å². The maximum atomic E-state index is 6.44. The van der Waals surface area contributed by atoms with Crippen molar-refractivity contribution in [1.82, 2.24) is 19.9 Å². The number of piperidine rings is 1. The molecule has 8 nitrogen and oxygen atoms in total. The van der Waals surface area contributed by atoms with Crippen molar-refractivity contribution in [3.05, 3.63) is 36.2 Å². The second-order valence-corrected chi connectivity index (χ2v) is 9.60. The minimum Gasteiger partial charge on any atom is -0.383 e. The monoisotopic (exact) mass is 437 g/mol. The standard InChI is InChI=1S/C22H27N7OS/c1-13-16(5-8-25-20(13)24)31-18-4-3-15-21(28-18)26-11-17(27-15)29-9-6-22(7-10-29)12-30-14(2)19(22)23/h3-5,8,11,14,19H,6-7,9-10,12,23H2,1-2H3,(H2,24,25)/t14-,19+/m0/s1. The van der Waals surface area contributed by atoms with E-state index in [2.05, 4.69) is 26.8 Å². The molecule has 5 heterocycles. The van der Waals surface area contributed by atoms with Crippen molar-refractivity contribution in [1.29, 1.82) is 0 Å². The van der Waals surface area contributed by atoms with Gasteiger partial charge in [0.2, 0.25) is 0 Å². The topological polar surface area (TPSA) is 116 Å². The molecule has 2 atom stereocenters. The van der Waals surface area contributed by atoms with Crippen LogP contribution in [0.2, 0.25) is 0 Å². The average molecular weight is 438 g/mol. The van der Waals surface area contributed by atoms with E-state index in [1.54, 1.807) is 18.0 Å². The third-order valence-electron chi connectivity index (χ3n) is 6.70. The van der Waals surface area contributed by atoms with Gasteiger partial charge in [-0.2, -0.15) is 0 Å². The van der Waals surface area contributed by atoms with Crippen molar-refractivity contribution in [2.75, 3.05) is 30.3 Å². The zero-order chi connectivity index (χ0) is 21.6. The van der Waals surface area contributed by atoms with Gasteiger partial charge in [0.15, 0.2) is 5.65 Å². The van der Waals surface area contributed by atoms with Crippen molar-refractivity contribution < 1.29 is 4.74 Å². The van der Waals surface area contributed by atoms with Gasteiger partial charge < -0.3 is 21.1 Å². The van der Waals surface area contributed by atoms with E-state index in [1.165, 1.54) is 0 Å². The van der Waals surface area contributed by atoms with Crippen LogP contribution >= 0.6 is 11.8 Å². The molecule has 0 unspecified atom stereocenters. The molecule has 0 radical (unpaired) electrons. The fourth-order valence-electron chi connectivity index (χ4n) is 4.50.